The van der Waals surface area contributed by atoms with Gasteiger partial charge in [0.1, 0.15) is 6.04 Å². The van der Waals surface area contributed by atoms with Crippen molar-refractivity contribution >= 4 is 11.8 Å². The quantitative estimate of drug-likeness (QED) is 0.817. The van der Waals surface area contributed by atoms with Crippen LogP contribution in [0.4, 0.5) is 0 Å². The van der Waals surface area contributed by atoms with Gasteiger partial charge in [-0.3, -0.25) is 9.59 Å². The second kappa shape index (κ2) is 4.90. The minimum atomic E-state index is -0.360. The number of hydrogen-bond acceptors (Lipinski definition) is 2. The first kappa shape index (κ1) is 15.0. The Bertz CT molecular complexity index is 337. The second-order valence-electron chi connectivity index (χ2n) is 7.38. The summed E-state index contributed by atoms with van der Waals surface area (Å²) < 4.78 is 0. The molecular weight excluding hydrogens is 228 g/mol. The van der Waals surface area contributed by atoms with Gasteiger partial charge in [0, 0.05) is 6.54 Å². The Morgan fingerprint density at radius 1 is 1.17 bits per heavy atom. The molecule has 1 rings (SSSR count). The van der Waals surface area contributed by atoms with E-state index >= 15 is 0 Å². The molecule has 1 N–H and O–H groups in total. The molecule has 0 spiro atoms. The first-order valence-electron chi connectivity index (χ1n) is 6.59. The average molecular weight is 254 g/mol. The minimum absolute atomic E-state index is 0.0266. The fourth-order valence-electron chi connectivity index (χ4n) is 2.22. The van der Waals surface area contributed by atoms with E-state index in [1.54, 1.807) is 4.90 Å². The van der Waals surface area contributed by atoms with Gasteiger partial charge in [-0.05, 0) is 17.3 Å². The summed E-state index contributed by atoms with van der Waals surface area (Å²) in [6, 6.07) is -0.360. The van der Waals surface area contributed by atoms with Crippen LogP contribution in [0.15, 0.2) is 0 Å². The third-order valence-electron chi connectivity index (χ3n) is 3.22. The van der Waals surface area contributed by atoms with Crippen LogP contribution in [0.5, 0.6) is 0 Å². The number of nitrogens with one attached hydrogen (secondary N) is 1. The summed E-state index contributed by atoms with van der Waals surface area (Å²) >= 11 is 0. The van der Waals surface area contributed by atoms with Crippen LogP contribution in [-0.2, 0) is 9.59 Å². The van der Waals surface area contributed by atoms with E-state index in [0.29, 0.717) is 6.54 Å². The highest BCUT2D eigenvalue weighted by atomic mass is 16.2. The molecule has 0 aromatic rings. The lowest BCUT2D eigenvalue weighted by Gasteiger charge is -2.42. The zero-order valence-corrected chi connectivity index (χ0v) is 12.5. The molecule has 0 aromatic carbocycles. The van der Waals surface area contributed by atoms with Crippen LogP contribution in [0.3, 0.4) is 0 Å². The molecule has 0 aromatic heterocycles. The maximum atomic E-state index is 12.0. The smallest absolute Gasteiger partial charge is 0.243 e. The van der Waals surface area contributed by atoms with Gasteiger partial charge in [-0.1, -0.05) is 41.5 Å². The van der Waals surface area contributed by atoms with Crippen molar-refractivity contribution in [2.75, 3.05) is 13.1 Å². The van der Waals surface area contributed by atoms with E-state index < -0.39 is 0 Å². The van der Waals surface area contributed by atoms with Crippen molar-refractivity contribution in [2.45, 2.75) is 54.0 Å². The molecule has 1 aliphatic rings. The number of piperazine rings is 1. The van der Waals surface area contributed by atoms with Crippen LogP contribution in [0.25, 0.3) is 0 Å². The SMILES string of the molecule is CC(C)(C)CCN1C(=O)CNC(=O)C1C(C)(C)C. The highest BCUT2D eigenvalue weighted by Crippen LogP contribution is 2.28. The Balaban J connectivity index is 2.87. The summed E-state index contributed by atoms with van der Waals surface area (Å²) in [6.45, 7) is 13.2. The van der Waals surface area contributed by atoms with Crippen molar-refractivity contribution in [2.24, 2.45) is 10.8 Å². The minimum Gasteiger partial charge on any atom is -0.345 e. The fourth-order valence-corrected chi connectivity index (χ4v) is 2.22. The molecule has 1 aliphatic heterocycles. The lowest BCUT2D eigenvalue weighted by atomic mass is 9.83. The number of nitrogens with zero attached hydrogens (tertiary/aromatic N) is 1. The number of carbonyl (C=O) groups excluding carboxylic acids is 2. The zero-order chi connectivity index (χ0) is 14.1. The van der Waals surface area contributed by atoms with Gasteiger partial charge >= 0.3 is 0 Å². The molecule has 1 unspecified atom stereocenters. The van der Waals surface area contributed by atoms with Crippen molar-refractivity contribution in [3.05, 3.63) is 0 Å². The Hall–Kier alpha value is -1.06. The maximum absolute atomic E-state index is 12.0. The molecule has 1 fully saturated rings. The van der Waals surface area contributed by atoms with Crippen molar-refractivity contribution in [1.82, 2.24) is 10.2 Å². The van der Waals surface area contributed by atoms with Crippen molar-refractivity contribution in [3.63, 3.8) is 0 Å². The van der Waals surface area contributed by atoms with Crippen LogP contribution >= 0.6 is 0 Å². The Morgan fingerprint density at radius 3 is 2.17 bits per heavy atom. The number of hydrogen-bond donors (Lipinski definition) is 1. The van der Waals surface area contributed by atoms with Gasteiger partial charge in [0.2, 0.25) is 11.8 Å². The fraction of sp³-hybridized carbons (Fsp3) is 0.857. The Labute approximate surface area is 110 Å². The molecule has 4 nitrogen and oxygen atoms in total. The van der Waals surface area contributed by atoms with Gasteiger partial charge in [0.05, 0.1) is 6.54 Å². The van der Waals surface area contributed by atoms with E-state index in [1.807, 2.05) is 20.8 Å². The van der Waals surface area contributed by atoms with Crippen molar-refractivity contribution < 1.29 is 9.59 Å². The van der Waals surface area contributed by atoms with Crippen LogP contribution in [0, 0.1) is 10.8 Å². The Kier molecular flexibility index (Phi) is 4.08. The normalized spacial score (nSPS) is 22.1. The summed E-state index contributed by atoms with van der Waals surface area (Å²) in [6.07, 6.45) is 0.901. The molecule has 1 heterocycles. The molecule has 0 radical (unpaired) electrons. The van der Waals surface area contributed by atoms with E-state index in [4.69, 9.17) is 0 Å². The van der Waals surface area contributed by atoms with Gasteiger partial charge in [-0.15, -0.1) is 0 Å². The van der Waals surface area contributed by atoms with Crippen LogP contribution in [0.2, 0.25) is 0 Å². The van der Waals surface area contributed by atoms with Crippen LogP contribution in [-0.4, -0.2) is 35.8 Å². The molecule has 1 atom stereocenters. The summed E-state index contributed by atoms with van der Waals surface area (Å²) in [7, 11) is 0. The highest BCUT2D eigenvalue weighted by molar-refractivity contribution is 5.95. The predicted octanol–water partition coefficient (Wildman–Crippen LogP) is 1.80. The largest absolute Gasteiger partial charge is 0.345 e. The molecule has 18 heavy (non-hydrogen) atoms. The number of amides is 2. The summed E-state index contributed by atoms with van der Waals surface area (Å²) in [5.74, 6) is -0.00483. The third-order valence-corrected chi connectivity index (χ3v) is 3.22. The third kappa shape index (κ3) is 3.72. The maximum Gasteiger partial charge on any atom is 0.243 e. The van der Waals surface area contributed by atoms with Crippen LogP contribution < -0.4 is 5.32 Å². The van der Waals surface area contributed by atoms with E-state index in [9.17, 15) is 9.59 Å². The zero-order valence-electron chi connectivity index (χ0n) is 12.5. The van der Waals surface area contributed by atoms with E-state index in [2.05, 4.69) is 26.1 Å². The average Bonchev–Trinajstić information content (AvgIpc) is 2.15. The first-order chi connectivity index (χ1) is 8.02. The number of carbonyl (C=O) groups is 2. The van der Waals surface area contributed by atoms with Crippen LogP contribution in [0.1, 0.15) is 48.0 Å². The van der Waals surface area contributed by atoms with Gasteiger partial charge in [-0.2, -0.15) is 0 Å². The molecule has 0 saturated carbocycles. The lowest BCUT2D eigenvalue weighted by Crippen LogP contribution is -2.63. The molecule has 0 aliphatic carbocycles. The predicted molar refractivity (Wildman–Crippen MR) is 72.0 cm³/mol. The summed E-state index contributed by atoms with van der Waals surface area (Å²) in [4.78, 5) is 25.8. The first-order valence-corrected chi connectivity index (χ1v) is 6.59. The van der Waals surface area contributed by atoms with Gasteiger partial charge in [-0.25, -0.2) is 0 Å². The highest BCUT2D eigenvalue weighted by Gasteiger charge is 2.42. The molecule has 0 bridgehead atoms. The summed E-state index contributed by atoms with van der Waals surface area (Å²) in [5, 5.41) is 2.69. The van der Waals surface area contributed by atoms with Gasteiger partial charge < -0.3 is 10.2 Å². The topological polar surface area (TPSA) is 49.4 Å². The molecule has 104 valence electrons. The molecular formula is C14H26N2O2. The number of rotatable bonds is 2. The van der Waals surface area contributed by atoms with Crippen molar-refractivity contribution in [3.8, 4) is 0 Å². The van der Waals surface area contributed by atoms with E-state index in [0.717, 1.165) is 6.42 Å². The lowest BCUT2D eigenvalue weighted by molar-refractivity contribution is -0.150. The monoisotopic (exact) mass is 254 g/mol. The van der Waals surface area contributed by atoms with Gasteiger partial charge in [0.25, 0.3) is 0 Å². The molecule has 2 amide bonds. The Morgan fingerprint density at radius 2 is 1.72 bits per heavy atom. The standard InChI is InChI=1S/C14H26N2O2/c1-13(2,3)7-8-16-10(17)9-15-12(18)11(16)14(4,5)6/h11H,7-9H2,1-6H3,(H,15,18). The van der Waals surface area contributed by atoms with Crippen molar-refractivity contribution in [1.29, 1.82) is 0 Å². The second-order valence-corrected chi connectivity index (χ2v) is 7.38. The van der Waals surface area contributed by atoms with Gasteiger partial charge in [0.15, 0.2) is 0 Å². The molecule has 1 saturated heterocycles. The van der Waals surface area contributed by atoms with E-state index in [1.165, 1.54) is 0 Å². The summed E-state index contributed by atoms with van der Waals surface area (Å²) in [5.41, 5.74) is -0.0747. The molecule has 4 heteroatoms. The van der Waals surface area contributed by atoms with E-state index in [-0.39, 0.29) is 35.2 Å².